The van der Waals surface area contributed by atoms with Crippen LogP contribution in [0.2, 0.25) is 0 Å². The van der Waals surface area contributed by atoms with Gasteiger partial charge in [0.2, 0.25) is 0 Å². The number of aliphatic hydroxyl groups is 1. The number of methoxy groups -OCH3 is 2. The fourth-order valence-electron chi connectivity index (χ4n) is 1.75. The first-order valence-electron chi connectivity index (χ1n) is 5.18. The molecule has 0 aliphatic rings. The summed E-state index contributed by atoms with van der Waals surface area (Å²) in [5, 5.41) is 9.68. The first kappa shape index (κ1) is 12.6. The molecule has 1 aromatic rings. The number of aliphatic hydroxyl groups excluding tert-OH is 1. The molecule has 16 heavy (non-hydrogen) atoms. The van der Waals surface area contributed by atoms with Gasteiger partial charge in [0.15, 0.2) is 11.5 Å². The van der Waals surface area contributed by atoms with E-state index in [9.17, 15) is 5.11 Å². The Morgan fingerprint density at radius 3 is 2.50 bits per heavy atom. The molecule has 1 aromatic carbocycles. The number of benzene rings is 1. The highest BCUT2D eigenvalue weighted by molar-refractivity contribution is 5.52. The minimum Gasteiger partial charge on any atom is -0.493 e. The fourth-order valence-corrected chi connectivity index (χ4v) is 1.75. The zero-order valence-electron chi connectivity index (χ0n) is 9.99. The third-order valence-corrected chi connectivity index (χ3v) is 2.48. The normalized spacial score (nSPS) is 12.0. The highest BCUT2D eigenvalue weighted by atomic mass is 16.5. The molecule has 0 spiro atoms. The van der Waals surface area contributed by atoms with E-state index in [0.717, 1.165) is 11.1 Å². The predicted octanol–water partition coefficient (Wildman–Crippen LogP) is 2.49. The molecule has 0 unspecified atom stereocenters. The van der Waals surface area contributed by atoms with Crippen LogP contribution in [0.15, 0.2) is 24.8 Å². The molecule has 1 atom stereocenters. The molecule has 0 bridgehead atoms. The van der Waals surface area contributed by atoms with E-state index >= 15 is 0 Å². The van der Waals surface area contributed by atoms with Gasteiger partial charge in [0.1, 0.15) is 0 Å². The molecular formula is C13H18O3. The van der Waals surface area contributed by atoms with Gasteiger partial charge in [0, 0.05) is 5.56 Å². The van der Waals surface area contributed by atoms with Crippen molar-refractivity contribution in [3.63, 3.8) is 0 Å². The number of hydrogen-bond acceptors (Lipinski definition) is 3. The summed E-state index contributed by atoms with van der Waals surface area (Å²) in [7, 11) is 3.19. The second kappa shape index (κ2) is 5.56. The monoisotopic (exact) mass is 222 g/mol. The van der Waals surface area contributed by atoms with Crippen LogP contribution in [0, 0.1) is 0 Å². The summed E-state index contributed by atoms with van der Waals surface area (Å²) in [4.78, 5) is 0. The summed E-state index contributed by atoms with van der Waals surface area (Å²) in [6.45, 7) is 5.44. The van der Waals surface area contributed by atoms with Crippen molar-refractivity contribution in [3.8, 4) is 11.5 Å². The maximum absolute atomic E-state index is 9.68. The second-order valence-corrected chi connectivity index (χ2v) is 3.54. The van der Waals surface area contributed by atoms with Crippen molar-refractivity contribution in [3.05, 3.63) is 35.9 Å². The lowest BCUT2D eigenvalue weighted by atomic mass is 9.99. The van der Waals surface area contributed by atoms with Crippen molar-refractivity contribution >= 4 is 0 Å². The van der Waals surface area contributed by atoms with Gasteiger partial charge in [-0.3, -0.25) is 0 Å². The second-order valence-electron chi connectivity index (χ2n) is 3.54. The first-order valence-corrected chi connectivity index (χ1v) is 5.18. The van der Waals surface area contributed by atoms with Crippen LogP contribution in [-0.4, -0.2) is 19.3 Å². The smallest absolute Gasteiger partial charge is 0.164 e. The lowest BCUT2D eigenvalue weighted by Gasteiger charge is -2.17. The van der Waals surface area contributed by atoms with Gasteiger partial charge in [0.25, 0.3) is 0 Å². The van der Waals surface area contributed by atoms with Crippen LogP contribution in [-0.2, 0) is 6.42 Å². The summed E-state index contributed by atoms with van der Waals surface area (Å²) in [6, 6.07) is 3.65. The van der Waals surface area contributed by atoms with Crippen molar-refractivity contribution in [2.75, 3.05) is 14.2 Å². The molecule has 0 radical (unpaired) electrons. The van der Waals surface area contributed by atoms with Gasteiger partial charge in [-0.25, -0.2) is 0 Å². The van der Waals surface area contributed by atoms with Gasteiger partial charge in [-0.05, 0) is 25.0 Å². The summed E-state index contributed by atoms with van der Waals surface area (Å²) < 4.78 is 10.5. The molecule has 0 fully saturated rings. The van der Waals surface area contributed by atoms with Crippen LogP contribution in [0.25, 0.3) is 0 Å². The van der Waals surface area contributed by atoms with Crippen molar-refractivity contribution in [1.82, 2.24) is 0 Å². The topological polar surface area (TPSA) is 38.7 Å². The summed E-state index contributed by atoms with van der Waals surface area (Å²) in [6.07, 6.45) is 1.89. The number of allylic oxidation sites excluding steroid dienone is 1. The predicted molar refractivity (Wildman–Crippen MR) is 64.1 cm³/mol. The van der Waals surface area contributed by atoms with Crippen molar-refractivity contribution in [2.45, 2.75) is 19.4 Å². The van der Waals surface area contributed by atoms with E-state index in [4.69, 9.17) is 9.47 Å². The van der Waals surface area contributed by atoms with E-state index in [1.54, 1.807) is 33.3 Å². The fraction of sp³-hybridized carbons (Fsp3) is 0.385. The minimum absolute atomic E-state index is 0.533. The maximum Gasteiger partial charge on any atom is 0.164 e. The Morgan fingerprint density at radius 2 is 2.06 bits per heavy atom. The molecule has 0 saturated carbocycles. The van der Waals surface area contributed by atoms with Gasteiger partial charge in [-0.2, -0.15) is 0 Å². The van der Waals surface area contributed by atoms with Gasteiger partial charge in [-0.1, -0.05) is 12.1 Å². The maximum atomic E-state index is 9.68. The van der Waals surface area contributed by atoms with Crippen LogP contribution in [0.3, 0.4) is 0 Å². The minimum atomic E-state index is -0.533. The zero-order chi connectivity index (χ0) is 12.1. The van der Waals surface area contributed by atoms with Crippen LogP contribution in [0.4, 0.5) is 0 Å². The summed E-state index contributed by atoms with van der Waals surface area (Å²) in [5.74, 6) is 1.34. The van der Waals surface area contributed by atoms with Gasteiger partial charge >= 0.3 is 0 Å². The first-order chi connectivity index (χ1) is 7.65. The van der Waals surface area contributed by atoms with Crippen molar-refractivity contribution in [1.29, 1.82) is 0 Å². The third kappa shape index (κ3) is 2.36. The van der Waals surface area contributed by atoms with E-state index in [-0.39, 0.29) is 0 Å². The standard InChI is InChI=1S/C13H18O3/c1-5-6-11-10(9(2)14)7-8-12(15-3)13(11)16-4/h5,7-9,14H,1,6H2,2-4H3/t9-/m1/s1. The van der Waals surface area contributed by atoms with Gasteiger partial charge < -0.3 is 14.6 Å². The Morgan fingerprint density at radius 1 is 1.38 bits per heavy atom. The molecule has 0 amide bonds. The van der Waals surface area contributed by atoms with Gasteiger partial charge in [0.05, 0.1) is 20.3 Å². The Balaban J connectivity index is 3.37. The van der Waals surface area contributed by atoms with E-state index < -0.39 is 6.10 Å². The average molecular weight is 222 g/mol. The van der Waals surface area contributed by atoms with Gasteiger partial charge in [-0.15, -0.1) is 6.58 Å². The number of hydrogen-bond donors (Lipinski definition) is 1. The Hall–Kier alpha value is -1.48. The van der Waals surface area contributed by atoms with Crippen LogP contribution < -0.4 is 9.47 Å². The molecule has 1 rings (SSSR count). The number of ether oxygens (including phenoxy) is 2. The van der Waals surface area contributed by atoms with Crippen LogP contribution in [0.5, 0.6) is 11.5 Å². The van der Waals surface area contributed by atoms with Crippen LogP contribution >= 0.6 is 0 Å². The lowest BCUT2D eigenvalue weighted by Crippen LogP contribution is -2.03. The molecule has 3 heteroatoms. The largest absolute Gasteiger partial charge is 0.493 e. The van der Waals surface area contributed by atoms with Crippen LogP contribution in [0.1, 0.15) is 24.2 Å². The molecule has 0 aromatic heterocycles. The van der Waals surface area contributed by atoms with E-state index in [0.29, 0.717) is 17.9 Å². The Kier molecular flexibility index (Phi) is 4.38. The Bertz CT molecular complexity index is 370. The van der Waals surface area contributed by atoms with Crippen molar-refractivity contribution in [2.24, 2.45) is 0 Å². The molecule has 88 valence electrons. The van der Waals surface area contributed by atoms with E-state index in [1.807, 2.05) is 6.07 Å². The van der Waals surface area contributed by atoms with Crippen molar-refractivity contribution < 1.29 is 14.6 Å². The molecule has 0 aliphatic heterocycles. The molecule has 0 saturated heterocycles. The van der Waals surface area contributed by atoms with E-state index in [2.05, 4.69) is 6.58 Å². The highest BCUT2D eigenvalue weighted by Crippen LogP contribution is 2.36. The highest BCUT2D eigenvalue weighted by Gasteiger charge is 2.16. The average Bonchev–Trinajstić information content (AvgIpc) is 2.28. The van der Waals surface area contributed by atoms with E-state index in [1.165, 1.54) is 0 Å². The SMILES string of the molecule is C=CCc1c([C@@H](C)O)ccc(OC)c1OC. The molecule has 0 heterocycles. The summed E-state index contributed by atoms with van der Waals surface area (Å²) in [5.41, 5.74) is 1.77. The zero-order valence-corrected chi connectivity index (χ0v) is 9.99. The molecule has 0 aliphatic carbocycles. The lowest BCUT2D eigenvalue weighted by molar-refractivity contribution is 0.197. The molecule has 1 N–H and O–H groups in total. The Labute approximate surface area is 96.3 Å². The quantitative estimate of drug-likeness (QED) is 0.778. The molecule has 3 nitrogen and oxygen atoms in total. The molecular weight excluding hydrogens is 204 g/mol. The summed E-state index contributed by atoms with van der Waals surface area (Å²) >= 11 is 0. The number of rotatable bonds is 5. The third-order valence-electron chi connectivity index (χ3n) is 2.48.